The van der Waals surface area contributed by atoms with Crippen LogP contribution in [0.5, 0.6) is 0 Å². The molecule has 1 N–H and O–H groups in total. The van der Waals surface area contributed by atoms with E-state index in [0.717, 1.165) is 11.0 Å². The van der Waals surface area contributed by atoms with Crippen molar-refractivity contribution in [2.75, 3.05) is 0 Å². The van der Waals surface area contributed by atoms with E-state index < -0.39 is 0 Å². The van der Waals surface area contributed by atoms with E-state index in [9.17, 15) is 4.79 Å². The van der Waals surface area contributed by atoms with E-state index in [4.69, 9.17) is 23.2 Å². The van der Waals surface area contributed by atoms with Gasteiger partial charge in [-0.1, -0.05) is 47.5 Å². The summed E-state index contributed by atoms with van der Waals surface area (Å²) in [5, 5.41) is 4.74. The number of aromatic nitrogens is 2. The number of para-hydroxylation sites is 2. The Balaban J connectivity index is 1.66. The number of nitrogens with zero attached hydrogens (tertiary/aromatic N) is 3. The van der Waals surface area contributed by atoms with Crippen LogP contribution in [0.3, 0.4) is 0 Å². The first-order valence-electron chi connectivity index (χ1n) is 6.81. The third kappa shape index (κ3) is 3.52. The lowest BCUT2D eigenvalue weighted by atomic mass is 10.2. The van der Waals surface area contributed by atoms with E-state index in [1.165, 1.54) is 6.21 Å². The minimum Gasteiger partial charge on any atom is -0.321 e. The Hall–Kier alpha value is -2.37. The molecule has 1 heterocycles. The highest BCUT2D eigenvalue weighted by Gasteiger charge is 2.06. The van der Waals surface area contributed by atoms with Gasteiger partial charge in [-0.05, 0) is 18.2 Å². The molecule has 0 spiro atoms. The fourth-order valence-electron chi connectivity index (χ4n) is 2.12. The van der Waals surface area contributed by atoms with E-state index >= 15 is 0 Å². The summed E-state index contributed by atoms with van der Waals surface area (Å²) < 4.78 is 1.76. The van der Waals surface area contributed by atoms with Crippen molar-refractivity contribution < 1.29 is 4.79 Å². The van der Waals surface area contributed by atoms with Gasteiger partial charge in [0.15, 0.2) is 0 Å². The van der Waals surface area contributed by atoms with E-state index in [0.29, 0.717) is 15.6 Å². The van der Waals surface area contributed by atoms with Crippen LogP contribution < -0.4 is 5.43 Å². The standard InChI is InChI=1S/C16H12Cl2N4O/c17-12-5-3-4-11(16(12)18)8-20-21-15(23)9-22-10-19-13-6-1-2-7-14(13)22/h1-8,10H,9H2,(H,21,23)/b20-8-. The van der Waals surface area contributed by atoms with Gasteiger partial charge < -0.3 is 4.57 Å². The lowest BCUT2D eigenvalue weighted by molar-refractivity contribution is -0.121. The number of hydrazone groups is 1. The van der Waals surface area contributed by atoms with Crippen molar-refractivity contribution in [1.82, 2.24) is 15.0 Å². The van der Waals surface area contributed by atoms with Crippen molar-refractivity contribution in [1.29, 1.82) is 0 Å². The summed E-state index contributed by atoms with van der Waals surface area (Å²) in [6.07, 6.45) is 3.08. The van der Waals surface area contributed by atoms with Crippen molar-refractivity contribution in [2.45, 2.75) is 6.54 Å². The molecule has 0 saturated carbocycles. The molecule has 0 aliphatic heterocycles. The van der Waals surface area contributed by atoms with Crippen LogP contribution in [0.15, 0.2) is 53.9 Å². The highest BCUT2D eigenvalue weighted by molar-refractivity contribution is 6.43. The molecule has 0 aliphatic rings. The number of halogens is 2. The molecule has 0 bridgehead atoms. The molecule has 1 amide bonds. The molecule has 3 rings (SSSR count). The first-order chi connectivity index (χ1) is 11.1. The summed E-state index contributed by atoms with van der Waals surface area (Å²) in [4.78, 5) is 16.2. The number of benzene rings is 2. The third-order valence-electron chi connectivity index (χ3n) is 3.22. The summed E-state index contributed by atoms with van der Waals surface area (Å²) in [5.74, 6) is -0.262. The zero-order valence-electron chi connectivity index (χ0n) is 11.9. The van der Waals surface area contributed by atoms with E-state index in [1.54, 1.807) is 29.1 Å². The zero-order valence-corrected chi connectivity index (χ0v) is 13.4. The Bertz CT molecular complexity index is 889. The third-order valence-corrected chi connectivity index (χ3v) is 4.05. The van der Waals surface area contributed by atoms with Crippen LogP contribution in [-0.4, -0.2) is 21.7 Å². The van der Waals surface area contributed by atoms with Crippen molar-refractivity contribution in [2.24, 2.45) is 5.10 Å². The monoisotopic (exact) mass is 346 g/mol. The second kappa shape index (κ2) is 6.81. The molecule has 0 fully saturated rings. The fourth-order valence-corrected chi connectivity index (χ4v) is 2.48. The van der Waals surface area contributed by atoms with Crippen molar-refractivity contribution in [3.05, 3.63) is 64.4 Å². The van der Waals surface area contributed by atoms with E-state index in [1.807, 2.05) is 24.3 Å². The molecule has 0 saturated heterocycles. The molecule has 7 heteroatoms. The molecule has 5 nitrogen and oxygen atoms in total. The predicted molar refractivity (Wildman–Crippen MR) is 91.9 cm³/mol. The molecule has 3 aromatic rings. The normalized spacial score (nSPS) is 11.2. The molecular formula is C16H12Cl2N4O. The molecule has 23 heavy (non-hydrogen) atoms. The Morgan fingerprint density at radius 1 is 1.22 bits per heavy atom. The second-order valence-corrected chi connectivity index (χ2v) is 5.58. The van der Waals surface area contributed by atoms with Crippen molar-refractivity contribution in [3.8, 4) is 0 Å². The largest absolute Gasteiger partial charge is 0.321 e. The average molecular weight is 347 g/mol. The quantitative estimate of drug-likeness (QED) is 0.580. The molecule has 0 aliphatic carbocycles. The maximum Gasteiger partial charge on any atom is 0.260 e. The van der Waals surface area contributed by atoms with E-state index in [2.05, 4.69) is 15.5 Å². The minimum atomic E-state index is -0.262. The lowest BCUT2D eigenvalue weighted by Gasteiger charge is -2.03. The molecule has 0 atom stereocenters. The zero-order chi connectivity index (χ0) is 16.2. The van der Waals surface area contributed by atoms with Crippen LogP contribution in [0.2, 0.25) is 10.0 Å². The van der Waals surface area contributed by atoms with Gasteiger partial charge in [-0.3, -0.25) is 4.79 Å². The molecule has 0 radical (unpaired) electrons. The highest BCUT2D eigenvalue weighted by Crippen LogP contribution is 2.24. The highest BCUT2D eigenvalue weighted by atomic mass is 35.5. The average Bonchev–Trinajstić information content (AvgIpc) is 2.95. The van der Waals surface area contributed by atoms with Gasteiger partial charge in [-0.15, -0.1) is 0 Å². The maximum absolute atomic E-state index is 12.0. The lowest BCUT2D eigenvalue weighted by Crippen LogP contribution is -2.22. The molecular weight excluding hydrogens is 335 g/mol. The molecule has 2 aromatic carbocycles. The topological polar surface area (TPSA) is 59.3 Å². The number of fused-ring (bicyclic) bond motifs is 1. The SMILES string of the molecule is O=C(Cn1cnc2ccccc21)N/N=C\c1cccc(Cl)c1Cl. The molecule has 116 valence electrons. The van der Waals surface area contributed by atoms with Crippen LogP contribution in [0.1, 0.15) is 5.56 Å². The molecule has 0 unspecified atom stereocenters. The summed E-state index contributed by atoms with van der Waals surface area (Å²) in [7, 11) is 0. The summed E-state index contributed by atoms with van der Waals surface area (Å²) in [5.41, 5.74) is 4.83. The Morgan fingerprint density at radius 3 is 2.91 bits per heavy atom. The second-order valence-electron chi connectivity index (χ2n) is 4.80. The number of hydrogen-bond acceptors (Lipinski definition) is 3. The smallest absolute Gasteiger partial charge is 0.260 e. The number of carbonyl (C=O) groups is 1. The van der Waals surface area contributed by atoms with Gasteiger partial charge in [0.05, 0.1) is 33.6 Å². The Kier molecular flexibility index (Phi) is 4.60. The number of nitrogens with one attached hydrogen (secondary N) is 1. The predicted octanol–water partition coefficient (Wildman–Crippen LogP) is 3.49. The number of rotatable bonds is 4. The van der Waals surface area contributed by atoms with Gasteiger partial charge in [0.1, 0.15) is 6.54 Å². The first kappa shape index (κ1) is 15.5. The van der Waals surface area contributed by atoms with Crippen molar-refractivity contribution in [3.63, 3.8) is 0 Å². The van der Waals surface area contributed by atoms with Gasteiger partial charge in [0, 0.05) is 5.56 Å². The van der Waals surface area contributed by atoms with Crippen molar-refractivity contribution >= 4 is 46.4 Å². The first-order valence-corrected chi connectivity index (χ1v) is 7.56. The number of imidazole rings is 1. The van der Waals surface area contributed by atoms with Crippen LogP contribution >= 0.6 is 23.2 Å². The van der Waals surface area contributed by atoms with Gasteiger partial charge in [0.2, 0.25) is 0 Å². The van der Waals surface area contributed by atoms with Gasteiger partial charge >= 0.3 is 0 Å². The van der Waals surface area contributed by atoms with Crippen LogP contribution in [0, 0.1) is 0 Å². The summed E-state index contributed by atoms with van der Waals surface area (Å²) in [6, 6.07) is 12.8. The fraction of sp³-hybridized carbons (Fsp3) is 0.0625. The Labute approximate surface area is 142 Å². The van der Waals surface area contributed by atoms with Gasteiger partial charge in [-0.2, -0.15) is 5.10 Å². The van der Waals surface area contributed by atoms with Gasteiger partial charge in [0.25, 0.3) is 5.91 Å². The van der Waals surface area contributed by atoms with E-state index in [-0.39, 0.29) is 12.5 Å². The minimum absolute atomic E-state index is 0.126. The number of amides is 1. The number of carbonyl (C=O) groups excluding carboxylic acids is 1. The van der Waals surface area contributed by atoms with Gasteiger partial charge in [-0.25, -0.2) is 10.4 Å². The Morgan fingerprint density at radius 2 is 2.04 bits per heavy atom. The summed E-state index contributed by atoms with van der Waals surface area (Å²) in [6.45, 7) is 0.126. The maximum atomic E-state index is 12.0. The van der Waals surface area contributed by atoms with Crippen LogP contribution in [0.25, 0.3) is 11.0 Å². The van der Waals surface area contributed by atoms with Crippen LogP contribution in [0.4, 0.5) is 0 Å². The molecule has 1 aromatic heterocycles. The van der Waals surface area contributed by atoms with Crippen LogP contribution in [-0.2, 0) is 11.3 Å². The summed E-state index contributed by atoms with van der Waals surface area (Å²) >= 11 is 12.0. The number of hydrogen-bond donors (Lipinski definition) is 1.